The number of rotatable bonds is 9. The Kier molecular flexibility index (Phi) is 15.2. The fourth-order valence-electron chi connectivity index (χ4n) is 8.83. The number of phenols is 2. The molecule has 8 aromatic rings. The van der Waals surface area contributed by atoms with Crippen LogP contribution < -0.4 is 21.2 Å². The zero-order valence-electron chi connectivity index (χ0n) is 34.8. The normalized spacial score (nSPS) is 14.3. The van der Waals surface area contributed by atoms with E-state index in [-0.39, 0.29) is 32.6 Å². The molecule has 9 rings (SSSR count). The van der Waals surface area contributed by atoms with Gasteiger partial charge in [0.15, 0.2) is 0 Å². The van der Waals surface area contributed by atoms with Crippen LogP contribution in [-0.2, 0) is 21.1 Å². The summed E-state index contributed by atoms with van der Waals surface area (Å²) in [5.41, 5.74) is 4.70. The van der Waals surface area contributed by atoms with Crippen LogP contribution in [0.4, 0.5) is 0 Å². The second-order valence-corrected chi connectivity index (χ2v) is 19.6. The summed E-state index contributed by atoms with van der Waals surface area (Å²) in [4.78, 5) is 0. The van der Waals surface area contributed by atoms with Crippen molar-refractivity contribution in [3.05, 3.63) is 216 Å². The van der Waals surface area contributed by atoms with E-state index in [1.54, 1.807) is 33.9 Å². The minimum atomic E-state index is -0.569. The number of benzene rings is 8. The molecule has 1 fully saturated rings. The average Bonchev–Trinajstić information content (AvgIpc) is 3.31. The van der Waals surface area contributed by atoms with Crippen LogP contribution in [0.5, 0.6) is 11.5 Å². The van der Waals surface area contributed by atoms with Gasteiger partial charge in [-0.15, -0.1) is 0 Å². The molecular formula is C56H52O2P2Pt. The summed E-state index contributed by atoms with van der Waals surface area (Å²) in [7, 11) is -1.14. The van der Waals surface area contributed by atoms with E-state index < -0.39 is 15.8 Å². The summed E-state index contributed by atoms with van der Waals surface area (Å²) in [6.45, 7) is 4.77. The molecule has 0 atom stereocenters. The molecule has 1 aliphatic carbocycles. The van der Waals surface area contributed by atoms with Gasteiger partial charge in [-0.05, 0) is 131 Å². The van der Waals surface area contributed by atoms with E-state index in [2.05, 4.69) is 135 Å². The van der Waals surface area contributed by atoms with Crippen molar-refractivity contribution in [1.29, 1.82) is 0 Å². The molecule has 0 bridgehead atoms. The minimum Gasteiger partial charge on any atom is -0.507 e. The second-order valence-electron chi connectivity index (χ2n) is 15.1. The van der Waals surface area contributed by atoms with Crippen molar-refractivity contribution in [2.75, 3.05) is 0 Å². The molecule has 8 aromatic carbocycles. The second kappa shape index (κ2) is 21.1. The Morgan fingerprint density at radius 1 is 0.393 bits per heavy atom. The Morgan fingerprint density at radius 3 is 1.00 bits per heavy atom. The predicted molar refractivity (Wildman–Crippen MR) is 261 cm³/mol. The van der Waals surface area contributed by atoms with Crippen molar-refractivity contribution in [1.82, 2.24) is 0 Å². The summed E-state index contributed by atoms with van der Waals surface area (Å²) in [5.74, 6) is 0.343. The fraction of sp³-hybridized carbons (Fsp3) is 0.143. The van der Waals surface area contributed by atoms with Gasteiger partial charge in [0.25, 0.3) is 0 Å². The Hall–Kier alpha value is -5.09. The number of hydrogen-bond donors (Lipinski definition) is 2. The molecule has 0 spiro atoms. The molecule has 61 heavy (non-hydrogen) atoms. The Balaban J connectivity index is 0.000000207. The van der Waals surface area contributed by atoms with Gasteiger partial charge in [0.2, 0.25) is 0 Å². The molecule has 5 heteroatoms. The Labute approximate surface area is 378 Å². The van der Waals surface area contributed by atoms with Crippen LogP contribution in [0.15, 0.2) is 216 Å². The van der Waals surface area contributed by atoms with Gasteiger partial charge >= 0.3 is 0 Å². The van der Waals surface area contributed by atoms with Crippen molar-refractivity contribution >= 4 is 58.6 Å². The first kappa shape index (κ1) is 44.0. The van der Waals surface area contributed by atoms with Crippen LogP contribution in [0.3, 0.4) is 0 Å². The molecular weight excluding hydrogens is 962 g/mol. The first-order chi connectivity index (χ1) is 29.6. The number of phenolic OH excluding ortho intramolecular Hbond substituents is 2. The van der Waals surface area contributed by atoms with Crippen LogP contribution in [0, 0.1) is 0 Å². The molecule has 2 N–H and O–H groups in total. The van der Waals surface area contributed by atoms with Crippen LogP contribution in [0.25, 0.3) is 32.7 Å². The Morgan fingerprint density at radius 2 is 0.689 bits per heavy atom. The molecule has 0 amide bonds. The summed E-state index contributed by atoms with van der Waals surface area (Å²) >= 11 is 0. The quantitative estimate of drug-likeness (QED) is 0.141. The molecule has 308 valence electrons. The number of allylic oxidation sites excluding steroid dienone is 4. The summed E-state index contributed by atoms with van der Waals surface area (Å²) < 4.78 is 0. The topological polar surface area (TPSA) is 40.5 Å². The van der Waals surface area contributed by atoms with Crippen molar-refractivity contribution in [2.45, 2.75) is 52.4 Å². The summed E-state index contributed by atoms with van der Waals surface area (Å²) in [6, 6.07) is 68.0. The number of aromatic hydroxyl groups is 2. The molecule has 0 radical (unpaired) electrons. The minimum absolute atomic E-state index is 0. The van der Waals surface area contributed by atoms with Gasteiger partial charge in [-0.2, -0.15) is 0 Å². The van der Waals surface area contributed by atoms with E-state index in [1.165, 1.54) is 46.9 Å². The number of hydrogen-bond acceptors (Lipinski definition) is 2. The third-order valence-electron chi connectivity index (χ3n) is 11.5. The van der Waals surface area contributed by atoms with Gasteiger partial charge < -0.3 is 10.2 Å². The monoisotopic (exact) mass is 1010 g/mol. The van der Waals surface area contributed by atoms with E-state index in [1.807, 2.05) is 60.7 Å². The van der Waals surface area contributed by atoms with E-state index in [0.717, 1.165) is 34.4 Å². The molecule has 0 unspecified atom stereocenters. The van der Waals surface area contributed by atoms with Crippen molar-refractivity contribution in [3.8, 4) is 22.6 Å². The molecule has 0 aliphatic heterocycles. The molecule has 0 heterocycles. The number of fused-ring (bicyclic) bond motifs is 2. The Bertz CT molecular complexity index is 2480. The van der Waals surface area contributed by atoms with Gasteiger partial charge in [-0.1, -0.05) is 196 Å². The van der Waals surface area contributed by atoms with E-state index in [4.69, 9.17) is 0 Å². The summed E-state index contributed by atoms with van der Waals surface area (Å²) in [5, 5.41) is 34.0. The van der Waals surface area contributed by atoms with Crippen LogP contribution in [-0.4, -0.2) is 10.2 Å². The SMILES string of the molecule is CC/C(=C1\CCCC\C1=C(/CC)P(c1ccccc1)c1ccccc1)P(c1ccccc1)c1ccccc1.Oc1ccc2ccccc2c1-c1c(O)ccc2ccccc12.[Pt]. The van der Waals surface area contributed by atoms with Gasteiger partial charge in [-0.3, -0.25) is 0 Å². The van der Waals surface area contributed by atoms with E-state index in [9.17, 15) is 10.2 Å². The van der Waals surface area contributed by atoms with Crippen LogP contribution >= 0.6 is 15.8 Å². The molecule has 2 nitrogen and oxygen atoms in total. The van der Waals surface area contributed by atoms with Crippen molar-refractivity contribution in [2.24, 2.45) is 0 Å². The first-order valence-electron chi connectivity index (χ1n) is 21.2. The molecule has 1 saturated carbocycles. The molecule has 1 aliphatic rings. The van der Waals surface area contributed by atoms with Crippen LogP contribution in [0.2, 0.25) is 0 Å². The van der Waals surface area contributed by atoms with Gasteiger partial charge in [-0.25, -0.2) is 0 Å². The third kappa shape index (κ3) is 9.70. The fourth-order valence-corrected chi connectivity index (χ4v) is 14.2. The average molecular weight is 1010 g/mol. The van der Waals surface area contributed by atoms with Crippen molar-refractivity contribution < 1.29 is 31.3 Å². The van der Waals surface area contributed by atoms with E-state index >= 15 is 0 Å². The molecule has 0 saturated heterocycles. The van der Waals surface area contributed by atoms with E-state index in [0.29, 0.717) is 11.1 Å². The maximum atomic E-state index is 10.4. The van der Waals surface area contributed by atoms with Gasteiger partial charge in [0, 0.05) is 32.2 Å². The summed E-state index contributed by atoms with van der Waals surface area (Å²) in [6.07, 6.45) is 7.18. The van der Waals surface area contributed by atoms with Gasteiger partial charge in [0.1, 0.15) is 11.5 Å². The van der Waals surface area contributed by atoms with Crippen molar-refractivity contribution in [3.63, 3.8) is 0 Å². The van der Waals surface area contributed by atoms with Crippen LogP contribution in [0.1, 0.15) is 52.4 Å². The largest absolute Gasteiger partial charge is 0.507 e. The van der Waals surface area contributed by atoms with Gasteiger partial charge in [0.05, 0.1) is 0 Å². The molecule has 0 aromatic heterocycles. The smallest absolute Gasteiger partial charge is 0.124 e. The zero-order valence-corrected chi connectivity index (χ0v) is 38.9. The predicted octanol–water partition coefficient (Wildman–Crippen LogP) is 14.2. The standard InChI is InChI=1S/C36H38P2.C20H14O2.Pt/c1-3-35(37(29-19-9-5-10-20-29)30-21-11-6-12-22-30)33-27-17-18-28-34(33)36(4-2)38(31-23-13-7-14-24-31)32-25-15-8-16-26-32;21-17-11-9-13-5-1-3-7-15(13)19(17)20-16-8-4-2-6-14(16)10-12-18(20)22;/h5-16,19-26H,3-4,17-18,27-28H2,1-2H3;1-12,21-22H;/b35-33-,36-34-;;. The maximum Gasteiger partial charge on any atom is 0.124 e. The maximum absolute atomic E-state index is 10.4. The third-order valence-corrected chi connectivity index (χ3v) is 17.0. The zero-order chi connectivity index (χ0) is 41.3. The first-order valence-corrected chi connectivity index (χ1v) is 23.9.